The monoisotopic (exact) mass is 442 g/mol. The van der Waals surface area contributed by atoms with Crippen LogP contribution in [0.25, 0.3) is 11.3 Å². The number of alkyl halides is 3. The fourth-order valence-corrected chi connectivity index (χ4v) is 5.29. The minimum Gasteiger partial charge on any atom is -0.347 e. The van der Waals surface area contributed by atoms with Gasteiger partial charge in [0, 0.05) is 37.7 Å². The van der Waals surface area contributed by atoms with Gasteiger partial charge in [-0.2, -0.15) is 17.5 Å². The predicted octanol–water partition coefficient (Wildman–Crippen LogP) is 3.68. The van der Waals surface area contributed by atoms with E-state index in [1.165, 1.54) is 22.6 Å². The van der Waals surface area contributed by atoms with E-state index >= 15 is 0 Å². The zero-order valence-corrected chi connectivity index (χ0v) is 17.0. The number of pyridine rings is 1. The second-order valence-corrected chi connectivity index (χ2v) is 9.45. The van der Waals surface area contributed by atoms with E-state index in [9.17, 15) is 21.6 Å². The number of rotatable bonds is 3. The molecular formula is C20H21F3N2O4S. The van der Waals surface area contributed by atoms with Gasteiger partial charge in [-0.3, -0.25) is 4.98 Å². The first-order valence-electron chi connectivity index (χ1n) is 9.55. The largest absolute Gasteiger partial charge is 0.416 e. The summed E-state index contributed by atoms with van der Waals surface area (Å²) in [5.41, 5.74) is -0.679. The van der Waals surface area contributed by atoms with Crippen molar-refractivity contribution in [2.45, 2.75) is 42.7 Å². The van der Waals surface area contributed by atoms with Gasteiger partial charge in [-0.1, -0.05) is 6.07 Å². The standard InChI is InChI=1S/C20H21F3N2O4S/c1-14-13-28-19(29-14)5-8-25(9-6-19)30(26,27)17-11-15(18-4-2-3-7-24-18)10-16(12-17)20(21,22)23/h2-4,7,10-12,14H,5-6,8-9,13H2,1H3/t14-/m0/s1. The van der Waals surface area contributed by atoms with E-state index < -0.39 is 32.4 Å². The number of aromatic nitrogens is 1. The van der Waals surface area contributed by atoms with Gasteiger partial charge in [-0.05, 0) is 37.3 Å². The Labute approximate surface area is 172 Å². The van der Waals surface area contributed by atoms with E-state index in [4.69, 9.17) is 9.47 Å². The van der Waals surface area contributed by atoms with E-state index in [0.717, 1.165) is 6.07 Å². The first kappa shape index (κ1) is 21.2. The van der Waals surface area contributed by atoms with E-state index in [0.29, 0.717) is 25.5 Å². The maximum atomic E-state index is 13.5. The van der Waals surface area contributed by atoms with Crippen molar-refractivity contribution < 1.29 is 31.1 Å². The van der Waals surface area contributed by atoms with Gasteiger partial charge in [0.15, 0.2) is 5.79 Å². The predicted molar refractivity (Wildman–Crippen MR) is 102 cm³/mol. The van der Waals surface area contributed by atoms with Crippen LogP contribution in [0.4, 0.5) is 13.2 Å². The molecule has 4 rings (SSSR count). The summed E-state index contributed by atoms with van der Waals surface area (Å²) >= 11 is 0. The first-order valence-corrected chi connectivity index (χ1v) is 11.0. The van der Waals surface area contributed by atoms with Gasteiger partial charge in [0.25, 0.3) is 0 Å². The highest BCUT2D eigenvalue weighted by Crippen LogP contribution is 2.38. The Kier molecular flexibility index (Phi) is 5.38. The molecule has 0 N–H and O–H groups in total. The number of hydrogen-bond donors (Lipinski definition) is 0. The molecule has 0 unspecified atom stereocenters. The number of benzene rings is 1. The lowest BCUT2D eigenvalue weighted by Gasteiger charge is -2.37. The van der Waals surface area contributed by atoms with Crippen LogP contribution in [0.2, 0.25) is 0 Å². The number of piperidine rings is 1. The summed E-state index contributed by atoms with van der Waals surface area (Å²) < 4.78 is 79.4. The van der Waals surface area contributed by atoms with E-state index in [1.54, 1.807) is 12.1 Å². The van der Waals surface area contributed by atoms with Crippen molar-refractivity contribution in [2.75, 3.05) is 19.7 Å². The van der Waals surface area contributed by atoms with Crippen LogP contribution < -0.4 is 0 Å². The fourth-order valence-electron chi connectivity index (χ4n) is 3.78. The van der Waals surface area contributed by atoms with Crippen LogP contribution in [0.1, 0.15) is 25.3 Å². The van der Waals surface area contributed by atoms with Crippen molar-refractivity contribution >= 4 is 10.0 Å². The van der Waals surface area contributed by atoms with Gasteiger partial charge in [0.2, 0.25) is 10.0 Å². The number of sulfonamides is 1. The SMILES string of the molecule is C[C@H]1COC2(CCN(S(=O)(=O)c3cc(-c4ccccn4)cc(C(F)(F)F)c3)CC2)O1. The van der Waals surface area contributed by atoms with E-state index in [1.807, 2.05) is 6.92 Å². The summed E-state index contributed by atoms with van der Waals surface area (Å²) in [6, 6.07) is 7.62. The molecule has 2 aliphatic heterocycles. The minimum absolute atomic E-state index is 0.0717. The third kappa shape index (κ3) is 4.09. The van der Waals surface area contributed by atoms with Crippen molar-refractivity contribution in [1.29, 1.82) is 0 Å². The van der Waals surface area contributed by atoms with E-state index in [-0.39, 0.29) is 30.5 Å². The van der Waals surface area contributed by atoms with Crippen LogP contribution in [-0.4, -0.2) is 49.3 Å². The van der Waals surface area contributed by atoms with Gasteiger partial charge >= 0.3 is 6.18 Å². The molecule has 0 amide bonds. The number of nitrogens with zero attached hydrogens (tertiary/aromatic N) is 2. The highest BCUT2D eigenvalue weighted by atomic mass is 32.2. The molecule has 10 heteroatoms. The Bertz CT molecular complexity index is 1020. The molecule has 2 aromatic rings. The molecule has 1 atom stereocenters. The van der Waals surface area contributed by atoms with Gasteiger partial charge in [-0.25, -0.2) is 8.42 Å². The Balaban J connectivity index is 1.67. The average Bonchev–Trinajstić information content (AvgIpc) is 3.08. The molecule has 30 heavy (non-hydrogen) atoms. The highest BCUT2D eigenvalue weighted by Gasteiger charge is 2.45. The Morgan fingerprint density at radius 2 is 1.90 bits per heavy atom. The molecule has 6 nitrogen and oxygen atoms in total. The molecule has 0 radical (unpaired) electrons. The van der Waals surface area contributed by atoms with Crippen LogP contribution in [0.3, 0.4) is 0 Å². The van der Waals surface area contributed by atoms with Crippen LogP contribution >= 0.6 is 0 Å². The van der Waals surface area contributed by atoms with Crippen molar-refractivity contribution in [3.05, 3.63) is 48.2 Å². The number of halogens is 3. The maximum Gasteiger partial charge on any atom is 0.416 e. The molecule has 1 aromatic heterocycles. The Morgan fingerprint density at radius 3 is 2.47 bits per heavy atom. The lowest BCUT2D eigenvalue weighted by atomic mass is 10.1. The lowest BCUT2D eigenvalue weighted by molar-refractivity contribution is -0.187. The minimum atomic E-state index is -4.69. The van der Waals surface area contributed by atoms with Crippen molar-refractivity contribution in [3.8, 4) is 11.3 Å². The third-order valence-electron chi connectivity index (χ3n) is 5.31. The second-order valence-electron chi connectivity index (χ2n) is 7.51. The molecule has 1 aromatic carbocycles. The maximum absolute atomic E-state index is 13.5. The van der Waals surface area contributed by atoms with Crippen LogP contribution in [0.15, 0.2) is 47.5 Å². The lowest BCUT2D eigenvalue weighted by Crippen LogP contribution is -2.47. The summed E-state index contributed by atoms with van der Waals surface area (Å²) in [6.07, 6.45) is -2.68. The van der Waals surface area contributed by atoms with Gasteiger partial charge in [0.1, 0.15) is 0 Å². The molecule has 2 saturated heterocycles. The van der Waals surface area contributed by atoms with Crippen molar-refractivity contribution in [1.82, 2.24) is 9.29 Å². The van der Waals surface area contributed by atoms with Crippen LogP contribution in [0, 0.1) is 0 Å². The summed E-state index contributed by atoms with van der Waals surface area (Å²) in [5.74, 6) is -0.807. The third-order valence-corrected chi connectivity index (χ3v) is 7.19. The van der Waals surface area contributed by atoms with Crippen LogP contribution in [-0.2, 0) is 25.7 Å². The molecule has 2 fully saturated rings. The average molecular weight is 442 g/mol. The normalized spacial score (nSPS) is 22.5. The summed E-state index contributed by atoms with van der Waals surface area (Å²) in [7, 11) is -4.14. The van der Waals surface area contributed by atoms with Crippen LogP contribution in [0.5, 0.6) is 0 Å². The second kappa shape index (κ2) is 7.60. The molecule has 0 saturated carbocycles. The highest BCUT2D eigenvalue weighted by molar-refractivity contribution is 7.89. The summed E-state index contributed by atoms with van der Waals surface area (Å²) in [4.78, 5) is 3.65. The molecule has 0 aliphatic carbocycles. The Hall–Kier alpha value is -2.01. The number of hydrogen-bond acceptors (Lipinski definition) is 5. The molecule has 0 bridgehead atoms. The first-order chi connectivity index (χ1) is 14.1. The molecule has 162 valence electrons. The quantitative estimate of drug-likeness (QED) is 0.725. The smallest absolute Gasteiger partial charge is 0.347 e. The molecule has 2 aliphatic rings. The van der Waals surface area contributed by atoms with Crippen molar-refractivity contribution in [3.63, 3.8) is 0 Å². The molecule has 1 spiro atoms. The zero-order chi connectivity index (χ0) is 21.6. The molecule has 3 heterocycles. The zero-order valence-electron chi connectivity index (χ0n) is 16.2. The summed E-state index contributed by atoms with van der Waals surface area (Å²) in [5, 5.41) is 0. The fraction of sp³-hybridized carbons (Fsp3) is 0.450. The van der Waals surface area contributed by atoms with Gasteiger partial charge in [-0.15, -0.1) is 0 Å². The van der Waals surface area contributed by atoms with E-state index in [2.05, 4.69) is 4.98 Å². The van der Waals surface area contributed by atoms with Gasteiger partial charge in [0.05, 0.1) is 28.9 Å². The van der Waals surface area contributed by atoms with Crippen molar-refractivity contribution in [2.24, 2.45) is 0 Å². The summed E-state index contributed by atoms with van der Waals surface area (Å²) in [6.45, 7) is 2.52. The molecular weight excluding hydrogens is 421 g/mol. The number of ether oxygens (including phenoxy) is 2. The Morgan fingerprint density at radius 1 is 1.17 bits per heavy atom. The topological polar surface area (TPSA) is 68.7 Å². The van der Waals surface area contributed by atoms with Gasteiger partial charge < -0.3 is 9.47 Å².